The predicted molar refractivity (Wildman–Crippen MR) is 476 cm³/mol. The van der Waals surface area contributed by atoms with Gasteiger partial charge in [-0.05, 0) is 100 Å². The van der Waals surface area contributed by atoms with Crippen molar-refractivity contribution in [3.05, 3.63) is 174 Å². The maximum atomic E-state index is 14.2. The number of aliphatic hydroxyl groups is 2. The summed E-state index contributed by atoms with van der Waals surface area (Å²) < 4.78 is 71.4. The van der Waals surface area contributed by atoms with Crippen LogP contribution in [0.3, 0.4) is 0 Å². The number of carbonyl (C=O) groups is 12. The Labute approximate surface area is 801 Å². The van der Waals surface area contributed by atoms with Crippen LogP contribution in [0.15, 0.2) is 84.9 Å². The fraction of sp³-hybridized carbons (Fsp3) is 0.510. The Kier molecular flexibility index (Phi) is 29.6. The number of carboxylic acid groups (broad SMARTS) is 2. The van der Waals surface area contributed by atoms with E-state index in [0.29, 0.717) is 103 Å². The van der Waals surface area contributed by atoms with E-state index in [1.807, 2.05) is 41.0 Å². The van der Waals surface area contributed by atoms with Crippen LogP contribution in [0, 0.1) is 11.8 Å². The second-order valence-electron chi connectivity index (χ2n) is 37.2. The van der Waals surface area contributed by atoms with E-state index in [4.69, 9.17) is 77.5 Å². The molecule has 9 fully saturated rings. The van der Waals surface area contributed by atoms with Crippen molar-refractivity contribution in [2.24, 2.45) is 17.7 Å². The summed E-state index contributed by atoms with van der Waals surface area (Å²) in [5.74, 6) is -6.81. The number of piperidine rings is 2. The number of ether oxygens (including phenoxy) is 12. The van der Waals surface area contributed by atoms with Gasteiger partial charge in [0.2, 0.25) is 11.6 Å². The third-order valence-corrected chi connectivity index (χ3v) is 28.5. The summed E-state index contributed by atoms with van der Waals surface area (Å²) in [6.45, 7) is 8.75. The van der Waals surface area contributed by atoms with Gasteiger partial charge >= 0.3 is 17.9 Å². The van der Waals surface area contributed by atoms with E-state index < -0.39 is 209 Å². The van der Waals surface area contributed by atoms with Crippen LogP contribution in [0.2, 0.25) is 0 Å². The molecular formula is C98H111N7O35. The van der Waals surface area contributed by atoms with Crippen molar-refractivity contribution in [1.82, 2.24) is 30.1 Å². The molecule has 19 rings (SSSR count). The van der Waals surface area contributed by atoms with Crippen LogP contribution in [-0.2, 0) is 139 Å². The van der Waals surface area contributed by atoms with Gasteiger partial charge < -0.3 is 103 Å². The lowest BCUT2D eigenvalue weighted by Gasteiger charge is -2.43. The normalized spacial score (nSPS) is 28.2. The zero-order chi connectivity index (χ0) is 99.4. The number of amides is 3. The molecule has 42 heteroatoms. The number of phenolic OH excluding ortho intramolecular Hbond substituents is 4. The van der Waals surface area contributed by atoms with Crippen molar-refractivity contribution in [3.8, 4) is 34.5 Å². The fourth-order valence-corrected chi connectivity index (χ4v) is 21.4. The highest BCUT2D eigenvalue weighted by molar-refractivity contribution is 6.32. The number of carboxylic acids is 2. The van der Waals surface area contributed by atoms with E-state index >= 15 is 0 Å². The van der Waals surface area contributed by atoms with Gasteiger partial charge in [0.15, 0.2) is 72.0 Å². The van der Waals surface area contributed by atoms with Crippen LogP contribution >= 0.6 is 0 Å². The molecule has 6 aromatic carbocycles. The van der Waals surface area contributed by atoms with Gasteiger partial charge in [-0.25, -0.2) is 16.2 Å². The molecule has 0 bridgehead atoms. The van der Waals surface area contributed by atoms with Crippen LogP contribution in [-0.4, -0.2) is 315 Å². The number of phenols is 4. The van der Waals surface area contributed by atoms with E-state index in [1.165, 1.54) is 64.8 Å². The summed E-state index contributed by atoms with van der Waals surface area (Å²) >= 11 is 0. The minimum atomic E-state index is -2.57. The highest BCUT2D eigenvalue weighted by Gasteiger charge is 2.60. The van der Waals surface area contributed by atoms with Gasteiger partial charge in [0.1, 0.15) is 46.7 Å². The highest BCUT2D eigenvalue weighted by atomic mass is 16.7. The van der Waals surface area contributed by atoms with E-state index in [9.17, 15) is 93.3 Å². The van der Waals surface area contributed by atoms with E-state index in [1.54, 1.807) is 31.2 Å². The smallest absolute Gasteiger partial charge is 0.364 e. The Bertz CT molecular complexity index is 5830. The molecule has 0 unspecified atom stereocenters. The lowest BCUT2D eigenvalue weighted by Crippen LogP contribution is -2.55. The van der Waals surface area contributed by atoms with E-state index in [0.717, 1.165) is 16.7 Å². The number of rotatable bonds is 26. The molecule has 140 heavy (non-hydrogen) atoms. The van der Waals surface area contributed by atoms with Gasteiger partial charge in [-0.15, -0.1) is 5.06 Å². The summed E-state index contributed by atoms with van der Waals surface area (Å²) in [6.07, 6.45) is -8.57. The van der Waals surface area contributed by atoms with Crippen LogP contribution in [0.25, 0.3) is 0 Å². The maximum Gasteiger partial charge on any atom is 0.364 e. The molecule has 9 aliphatic heterocycles. The Morgan fingerprint density at radius 2 is 0.893 bits per heavy atom. The van der Waals surface area contributed by atoms with Crippen LogP contribution < -0.4 is 20.9 Å². The van der Waals surface area contributed by atoms with Gasteiger partial charge in [-0.3, -0.25) is 82.0 Å². The Morgan fingerprint density at radius 3 is 1.30 bits per heavy atom. The van der Waals surface area contributed by atoms with Crippen LogP contribution in [0.5, 0.6) is 34.5 Å². The summed E-state index contributed by atoms with van der Waals surface area (Å²) in [5.41, 5.74) is -2.32. The molecule has 42 nitrogen and oxygen atoms in total. The number of ketones is 6. The lowest BCUT2D eigenvalue weighted by atomic mass is 9.72. The minimum Gasteiger partial charge on any atom is -0.507 e. The zero-order valence-electron chi connectivity index (χ0n) is 77.6. The molecule has 13 aliphatic rings. The van der Waals surface area contributed by atoms with Gasteiger partial charge in [0, 0.05) is 137 Å². The van der Waals surface area contributed by atoms with Gasteiger partial charge in [0.25, 0.3) is 17.7 Å². The number of Topliss-reactive ketones (excluding diaryl/α,β-unsaturated/α-hetero) is 2. The maximum absolute atomic E-state index is 14.2. The third kappa shape index (κ3) is 19.6. The standard InChI is InChI=1S/C47H53N3O16.C35H36N2O15.C16H22N2O4/c1-23-42-30(50-15-16-62-45(61-3)43(50)66-42)18-33(64-23)65-32-20-47(59,19-29-35(32)41(55)37-36(39(29)53)38(52)28-5-4-6-31(60-2)34(28)40(37)54)46(58)48-63-22-25-9-7-24(8-10-25)17-27(51)21-49-13-11-26(12-14-49)44(56)57;1-14-31-17(36-9-10-48-33(47-3)32(36)51-31)11-22(49-14)50-19-13-35(45,34(44)52-37-20(38)7-8-21(37)39)12-16-24(19)30(43)26-25(28(16)41)27(40)15-5-4-6-18(46-2)23(15)29(26)42;17-22-11-13-3-1-12(2-4-13)9-15(19)10-18-7-5-14(6-8-18)16(20)21/h4-10,23,26,30,32-33,42-43,45,53,55,59H,11-22H2,1-3H3,(H,48,58)(H,56,57);4-6,14,17,19,22,31-33,41,43,45H,7-13H2,1-3H3;1-4,14H,5-11,17H2,(H,20,21)/t23-,30-,32-,33-,42+,43+,45-,47-;14-,17-,19-,22-,31+,32+,33-,35-;/m00./s1. The first kappa shape index (κ1) is 99.9. The second kappa shape index (κ2) is 41.5. The average Bonchev–Trinajstić information content (AvgIpc) is 0.745. The molecule has 0 radical (unpaired) electrons. The molecule has 9 saturated heterocycles. The molecule has 11 N–H and O–H groups in total. The molecule has 0 saturated carbocycles. The van der Waals surface area contributed by atoms with Crippen LogP contribution in [0.4, 0.5) is 0 Å². The van der Waals surface area contributed by atoms with E-state index in [2.05, 4.69) is 20.1 Å². The van der Waals surface area contributed by atoms with Gasteiger partial charge in [-0.2, -0.15) is 0 Å². The first-order valence-electron chi connectivity index (χ1n) is 46.5. The summed E-state index contributed by atoms with van der Waals surface area (Å²) in [5, 5.41) is 90.4. The number of aliphatic carboxylic acids is 2. The molecule has 6 aromatic rings. The minimum absolute atomic E-state index is 0.00207. The Morgan fingerprint density at radius 1 is 0.493 bits per heavy atom. The first-order chi connectivity index (χ1) is 67.1. The van der Waals surface area contributed by atoms with Gasteiger partial charge in [0.05, 0.1) is 123 Å². The topological polar surface area (TPSA) is 559 Å². The number of hydroxylamine groups is 3. The quantitative estimate of drug-likeness (QED) is 0.0208. The largest absolute Gasteiger partial charge is 0.507 e. The SMILES string of the molecule is COc1cccc2c1C(=O)c1c(O)c3c(c(O)c1C2=O)C[C@@](O)(C(=O)NOCc1ccc(CC(=O)CN2CCC(C(=O)O)CC2)cc1)C[C@@H]3O[C@H]1C[C@H]2[C@H](O[C@@H]3[C@@H](OC)OCCN32)[C@H](C)O1.COc1cccc2c1C(=O)c1c(O)c3c(c(O)c1C2=O)C[C@@](O)(C(=O)ON1C(=O)CCC1=O)C[C@@H]3O[C@H]1C[C@H]2[C@H](O[C@@H]3[C@@H](OC)OCCN32)[C@H](C)O1.NOCc1ccc(CC(=O)CN2CCC(C(=O)O)CC2)cc1. The van der Waals surface area contributed by atoms with Gasteiger partial charge in [-0.1, -0.05) is 72.8 Å². The number of likely N-dealkylation sites (tertiary alicyclic amines) is 2. The predicted octanol–water partition coefficient (Wildman–Crippen LogP) is 4.05. The molecular weight excluding hydrogens is 1840 g/mol. The summed E-state index contributed by atoms with van der Waals surface area (Å²) in [6, 6.07) is 22.9. The molecule has 9 heterocycles. The number of nitrogens with one attached hydrogen (secondary N) is 1. The van der Waals surface area contributed by atoms with Crippen molar-refractivity contribution in [2.75, 3.05) is 94.0 Å². The Hall–Kier alpha value is -11.6. The average molecular weight is 1950 g/mol. The number of nitrogens with zero attached hydrogens (tertiary/aromatic N) is 5. The number of aromatic hydroxyl groups is 4. The number of hydrogen-bond acceptors (Lipinski definition) is 38. The fourth-order valence-electron chi connectivity index (χ4n) is 21.4. The number of nitrogens with two attached hydrogens (primary N) is 1. The van der Waals surface area contributed by atoms with E-state index in [-0.39, 0.29) is 148 Å². The molecule has 16 atom stereocenters. The van der Waals surface area contributed by atoms with Crippen molar-refractivity contribution in [3.63, 3.8) is 0 Å². The number of hydrogen-bond donors (Lipinski definition) is 10. The number of carbonyl (C=O) groups excluding carboxylic acids is 10. The molecule has 3 amide bonds. The summed E-state index contributed by atoms with van der Waals surface area (Å²) in [7, 11) is 5.71. The monoisotopic (exact) mass is 1950 g/mol. The molecule has 0 aromatic heterocycles. The van der Waals surface area contributed by atoms with Crippen molar-refractivity contribution in [1.29, 1.82) is 0 Å². The van der Waals surface area contributed by atoms with Crippen molar-refractivity contribution >= 4 is 70.3 Å². The lowest BCUT2D eigenvalue weighted by molar-refractivity contribution is -0.257. The summed E-state index contributed by atoms with van der Waals surface area (Å²) in [4.78, 5) is 179. The number of benzene rings is 6. The molecule has 4 aliphatic carbocycles. The highest BCUT2D eigenvalue weighted by Crippen LogP contribution is 2.56. The second-order valence-corrected chi connectivity index (χ2v) is 37.2. The third-order valence-electron chi connectivity index (χ3n) is 28.5. The van der Waals surface area contributed by atoms with Crippen molar-refractivity contribution in [2.45, 2.75) is 214 Å². The molecule has 0 spiro atoms. The van der Waals surface area contributed by atoms with Crippen molar-refractivity contribution < 1.29 is 170 Å². The Balaban J connectivity index is 0.000000162. The zero-order valence-corrected chi connectivity index (χ0v) is 77.6. The number of imide groups is 1. The van der Waals surface area contributed by atoms with Crippen LogP contribution in [0.1, 0.15) is 198 Å². The number of methoxy groups -OCH3 is 4. The first-order valence-corrected chi connectivity index (χ1v) is 46.5. The number of morpholine rings is 2. The number of fused-ring (bicyclic) bond motifs is 12. The molecule has 748 valence electrons.